The van der Waals surface area contributed by atoms with Gasteiger partial charge in [-0.25, -0.2) is 9.67 Å². The molecule has 1 aliphatic carbocycles. The molecule has 56 valence electrons. The quantitative estimate of drug-likeness (QED) is 0.615. The van der Waals surface area contributed by atoms with Crippen LogP contribution in [0.2, 0.25) is 0 Å². The predicted molar refractivity (Wildman–Crippen MR) is 37.5 cm³/mol. The highest BCUT2D eigenvalue weighted by Crippen LogP contribution is 2.30. The van der Waals surface area contributed by atoms with Crippen LogP contribution in [0.15, 0.2) is 6.33 Å². The fourth-order valence-electron chi connectivity index (χ4n) is 1.03. The van der Waals surface area contributed by atoms with Gasteiger partial charge < -0.3 is 0 Å². The van der Waals surface area contributed by atoms with Crippen LogP contribution in [-0.2, 0) is 6.54 Å². The molecule has 0 bridgehead atoms. The molecule has 4 nitrogen and oxygen atoms in total. The number of nitriles is 1. The van der Waals surface area contributed by atoms with Crippen molar-refractivity contribution in [1.82, 2.24) is 14.8 Å². The van der Waals surface area contributed by atoms with Crippen LogP contribution in [0.4, 0.5) is 0 Å². The van der Waals surface area contributed by atoms with Crippen LogP contribution < -0.4 is 0 Å². The molecule has 0 N–H and O–H groups in total. The molecule has 1 aromatic rings. The number of rotatable bonds is 2. The van der Waals surface area contributed by atoms with E-state index in [1.165, 1.54) is 19.2 Å². The molecule has 0 saturated heterocycles. The molecule has 0 amide bonds. The number of nitrogens with zero attached hydrogens (tertiary/aromatic N) is 4. The lowest BCUT2D eigenvalue weighted by Crippen LogP contribution is -2.04. The Hall–Kier alpha value is -1.37. The minimum Gasteiger partial charge on any atom is -0.237 e. The first-order valence-electron chi connectivity index (χ1n) is 3.68. The zero-order chi connectivity index (χ0) is 7.68. The Balaban J connectivity index is 2.15. The van der Waals surface area contributed by atoms with Gasteiger partial charge in [-0.1, -0.05) is 0 Å². The van der Waals surface area contributed by atoms with Gasteiger partial charge in [0, 0.05) is 6.54 Å². The summed E-state index contributed by atoms with van der Waals surface area (Å²) in [7, 11) is 0. The van der Waals surface area contributed by atoms with Crippen LogP contribution in [0.3, 0.4) is 0 Å². The first kappa shape index (κ1) is 6.35. The van der Waals surface area contributed by atoms with E-state index < -0.39 is 0 Å². The summed E-state index contributed by atoms with van der Waals surface area (Å²) in [6.07, 6.45) is 3.97. The first-order chi connectivity index (χ1) is 5.40. The zero-order valence-corrected chi connectivity index (χ0v) is 6.06. The van der Waals surface area contributed by atoms with Crippen LogP contribution in [0.25, 0.3) is 0 Å². The normalized spacial score (nSPS) is 16.3. The van der Waals surface area contributed by atoms with Crippen LogP contribution in [0.1, 0.15) is 18.7 Å². The molecular formula is C7H8N4. The van der Waals surface area contributed by atoms with E-state index in [9.17, 15) is 0 Å². The standard InChI is InChI=1S/C7H8N4/c8-3-7-9-5-10-11(7)4-6-1-2-6/h5-6H,1-2,4H2. The fourth-order valence-corrected chi connectivity index (χ4v) is 1.03. The molecule has 2 rings (SSSR count). The lowest BCUT2D eigenvalue weighted by Gasteiger charge is -1.96. The predicted octanol–water partition coefficient (Wildman–Crippen LogP) is 0.560. The van der Waals surface area contributed by atoms with E-state index >= 15 is 0 Å². The SMILES string of the molecule is N#Cc1ncnn1CC1CC1. The van der Waals surface area contributed by atoms with Gasteiger partial charge in [-0.2, -0.15) is 10.4 Å². The molecule has 0 unspecified atom stereocenters. The van der Waals surface area contributed by atoms with Crippen LogP contribution in [-0.4, -0.2) is 14.8 Å². The summed E-state index contributed by atoms with van der Waals surface area (Å²) < 4.78 is 1.68. The van der Waals surface area contributed by atoms with Gasteiger partial charge in [-0.15, -0.1) is 0 Å². The molecule has 11 heavy (non-hydrogen) atoms. The molecule has 1 saturated carbocycles. The Morgan fingerprint density at radius 2 is 2.55 bits per heavy atom. The van der Waals surface area contributed by atoms with Crippen molar-refractivity contribution in [1.29, 1.82) is 5.26 Å². The molecule has 0 aromatic carbocycles. The maximum absolute atomic E-state index is 8.57. The average Bonchev–Trinajstić information content (AvgIpc) is 2.68. The highest BCUT2D eigenvalue weighted by molar-refractivity contribution is 5.07. The molecule has 4 heteroatoms. The van der Waals surface area contributed by atoms with E-state index in [1.54, 1.807) is 4.68 Å². The van der Waals surface area contributed by atoms with Crippen molar-refractivity contribution in [2.75, 3.05) is 0 Å². The van der Waals surface area contributed by atoms with Crippen molar-refractivity contribution in [2.24, 2.45) is 5.92 Å². The summed E-state index contributed by atoms with van der Waals surface area (Å²) in [4.78, 5) is 3.81. The second-order valence-electron chi connectivity index (χ2n) is 2.82. The highest BCUT2D eigenvalue weighted by atomic mass is 15.3. The van der Waals surface area contributed by atoms with Crippen LogP contribution in [0.5, 0.6) is 0 Å². The van der Waals surface area contributed by atoms with E-state index in [0.717, 1.165) is 12.5 Å². The summed E-state index contributed by atoms with van der Waals surface area (Å²) in [5, 5.41) is 12.5. The fraction of sp³-hybridized carbons (Fsp3) is 0.571. The van der Waals surface area contributed by atoms with E-state index in [2.05, 4.69) is 10.1 Å². The van der Waals surface area contributed by atoms with Crippen molar-refractivity contribution in [2.45, 2.75) is 19.4 Å². The van der Waals surface area contributed by atoms with Gasteiger partial charge in [0.1, 0.15) is 12.4 Å². The van der Waals surface area contributed by atoms with Gasteiger partial charge in [0.25, 0.3) is 0 Å². The Morgan fingerprint density at radius 1 is 1.73 bits per heavy atom. The smallest absolute Gasteiger partial charge is 0.230 e. The number of hydrogen-bond acceptors (Lipinski definition) is 3. The molecule has 0 aliphatic heterocycles. The van der Waals surface area contributed by atoms with Gasteiger partial charge in [-0.3, -0.25) is 0 Å². The Morgan fingerprint density at radius 3 is 3.18 bits per heavy atom. The zero-order valence-electron chi connectivity index (χ0n) is 6.06. The second-order valence-corrected chi connectivity index (χ2v) is 2.82. The average molecular weight is 148 g/mol. The van der Waals surface area contributed by atoms with Crippen molar-refractivity contribution in [3.63, 3.8) is 0 Å². The van der Waals surface area contributed by atoms with Crippen LogP contribution in [0, 0.1) is 17.2 Å². The second kappa shape index (κ2) is 2.35. The molecule has 0 radical (unpaired) electrons. The van der Waals surface area contributed by atoms with Gasteiger partial charge in [0.05, 0.1) is 0 Å². The van der Waals surface area contributed by atoms with Crippen LogP contribution >= 0.6 is 0 Å². The monoisotopic (exact) mass is 148 g/mol. The van der Waals surface area contributed by atoms with E-state index in [1.807, 2.05) is 6.07 Å². The van der Waals surface area contributed by atoms with Gasteiger partial charge in [-0.05, 0) is 18.8 Å². The summed E-state index contributed by atoms with van der Waals surface area (Å²) >= 11 is 0. The van der Waals surface area contributed by atoms with Gasteiger partial charge >= 0.3 is 0 Å². The van der Waals surface area contributed by atoms with Crippen molar-refractivity contribution in [3.05, 3.63) is 12.2 Å². The molecule has 1 aromatic heterocycles. The Bertz CT molecular complexity index is 292. The van der Waals surface area contributed by atoms with Gasteiger partial charge in [0.2, 0.25) is 5.82 Å². The number of aromatic nitrogens is 3. The van der Waals surface area contributed by atoms with E-state index in [4.69, 9.17) is 5.26 Å². The highest BCUT2D eigenvalue weighted by Gasteiger charge is 2.23. The summed E-state index contributed by atoms with van der Waals surface area (Å²) in [5.74, 6) is 1.17. The lowest BCUT2D eigenvalue weighted by molar-refractivity contribution is 0.555. The molecular weight excluding hydrogens is 140 g/mol. The molecule has 0 atom stereocenters. The third kappa shape index (κ3) is 1.22. The topological polar surface area (TPSA) is 54.5 Å². The minimum atomic E-state index is 0.428. The maximum atomic E-state index is 8.57. The largest absolute Gasteiger partial charge is 0.237 e. The number of hydrogen-bond donors (Lipinski definition) is 0. The van der Waals surface area contributed by atoms with Crippen molar-refractivity contribution in [3.8, 4) is 6.07 Å². The Kier molecular flexibility index (Phi) is 1.35. The summed E-state index contributed by atoms with van der Waals surface area (Å²) in [6.45, 7) is 0.864. The summed E-state index contributed by atoms with van der Waals surface area (Å²) in [5.41, 5.74) is 0. The summed E-state index contributed by atoms with van der Waals surface area (Å²) in [6, 6.07) is 2.00. The molecule has 1 aliphatic rings. The third-order valence-electron chi connectivity index (χ3n) is 1.84. The Labute approximate surface area is 64.5 Å². The molecule has 1 fully saturated rings. The third-order valence-corrected chi connectivity index (χ3v) is 1.84. The maximum Gasteiger partial charge on any atom is 0.230 e. The minimum absolute atomic E-state index is 0.428. The molecule has 1 heterocycles. The van der Waals surface area contributed by atoms with Crippen molar-refractivity contribution >= 4 is 0 Å². The first-order valence-corrected chi connectivity index (χ1v) is 3.68. The van der Waals surface area contributed by atoms with E-state index in [0.29, 0.717) is 5.82 Å². The van der Waals surface area contributed by atoms with Gasteiger partial charge in [0.15, 0.2) is 0 Å². The lowest BCUT2D eigenvalue weighted by atomic mass is 10.4. The van der Waals surface area contributed by atoms with E-state index in [-0.39, 0.29) is 0 Å². The molecule has 0 spiro atoms. The van der Waals surface area contributed by atoms with Crippen molar-refractivity contribution < 1.29 is 0 Å².